The fourth-order valence-corrected chi connectivity index (χ4v) is 2.95. The minimum Gasteiger partial charge on any atom is -0.328 e. The second kappa shape index (κ2) is 3.97. The summed E-state index contributed by atoms with van der Waals surface area (Å²) in [6, 6.07) is 2.21. The molecule has 2 saturated carbocycles. The molecule has 0 unspecified atom stereocenters. The van der Waals surface area contributed by atoms with E-state index in [2.05, 4.69) is 11.8 Å². The molecule has 0 aromatic heterocycles. The van der Waals surface area contributed by atoms with Crippen LogP contribution in [0.5, 0.6) is 0 Å². The predicted molar refractivity (Wildman–Crippen MR) is 55.6 cm³/mol. The van der Waals surface area contributed by atoms with Gasteiger partial charge in [0.2, 0.25) is 0 Å². The molecule has 0 aromatic carbocycles. The lowest BCUT2D eigenvalue weighted by atomic mass is 9.85. The SMILES string of the molecule is CCN(C1CCCC1)C1CC(N)C1. The van der Waals surface area contributed by atoms with Gasteiger partial charge in [0, 0.05) is 18.1 Å². The predicted octanol–water partition coefficient (Wildman–Crippen LogP) is 1.74. The maximum Gasteiger partial charge on any atom is 0.0127 e. The van der Waals surface area contributed by atoms with Crippen molar-refractivity contribution >= 4 is 0 Å². The van der Waals surface area contributed by atoms with Gasteiger partial charge in [-0.1, -0.05) is 19.8 Å². The van der Waals surface area contributed by atoms with E-state index in [0.29, 0.717) is 6.04 Å². The Kier molecular flexibility index (Phi) is 2.89. The van der Waals surface area contributed by atoms with Crippen molar-refractivity contribution in [3.8, 4) is 0 Å². The molecule has 0 saturated heterocycles. The van der Waals surface area contributed by atoms with E-state index < -0.39 is 0 Å². The molecule has 0 radical (unpaired) electrons. The molecule has 0 amide bonds. The monoisotopic (exact) mass is 182 g/mol. The number of hydrogen-bond donors (Lipinski definition) is 1. The molecule has 2 fully saturated rings. The molecule has 2 aliphatic carbocycles. The zero-order valence-corrected chi connectivity index (χ0v) is 8.71. The van der Waals surface area contributed by atoms with Crippen LogP contribution in [0.2, 0.25) is 0 Å². The van der Waals surface area contributed by atoms with Crippen LogP contribution in [0.25, 0.3) is 0 Å². The third-order valence-corrected chi connectivity index (χ3v) is 3.78. The summed E-state index contributed by atoms with van der Waals surface area (Å²) in [4.78, 5) is 2.70. The number of nitrogens with zero attached hydrogens (tertiary/aromatic N) is 1. The van der Waals surface area contributed by atoms with Crippen molar-refractivity contribution in [2.75, 3.05) is 6.54 Å². The highest BCUT2D eigenvalue weighted by atomic mass is 15.2. The van der Waals surface area contributed by atoms with Crippen LogP contribution in [0, 0.1) is 0 Å². The van der Waals surface area contributed by atoms with Gasteiger partial charge in [-0.25, -0.2) is 0 Å². The average Bonchev–Trinajstić information content (AvgIpc) is 2.55. The second-order valence-electron chi connectivity index (χ2n) is 4.65. The maximum atomic E-state index is 5.83. The Balaban J connectivity index is 1.85. The minimum atomic E-state index is 0.500. The molecule has 0 bridgehead atoms. The van der Waals surface area contributed by atoms with Gasteiger partial charge in [0.15, 0.2) is 0 Å². The summed E-state index contributed by atoms with van der Waals surface area (Å²) < 4.78 is 0. The summed E-state index contributed by atoms with van der Waals surface area (Å²) >= 11 is 0. The van der Waals surface area contributed by atoms with E-state index in [0.717, 1.165) is 12.1 Å². The van der Waals surface area contributed by atoms with Crippen molar-refractivity contribution in [3.05, 3.63) is 0 Å². The first-order valence-electron chi connectivity index (χ1n) is 5.82. The summed E-state index contributed by atoms with van der Waals surface area (Å²) in [6.07, 6.45) is 8.23. The van der Waals surface area contributed by atoms with E-state index in [-0.39, 0.29) is 0 Å². The summed E-state index contributed by atoms with van der Waals surface area (Å²) in [5.74, 6) is 0. The zero-order valence-electron chi connectivity index (χ0n) is 8.71. The Labute approximate surface area is 81.5 Å². The summed E-state index contributed by atoms with van der Waals surface area (Å²) in [6.45, 7) is 3.52. The Morgan fingerprint density at radius 2 is 1.77 bits per heavy atom. The van der Waals surface area contributed by atoms with Gasteiger partial charge in [-0.2, -0.15) is 0 Å². The third kappa shape index (κ3) is 1.89. The van der Waals surface area contributed by atoms with E-state index in [1.165, 1.54) is 45.1 Å². The van der Waals surface area contributed by atoms with Crippen molar-refractivity contribution in [1.29, 1.82) is 0 Å². The van der Waals surface area contributed by atoms with E-state index in [1.807, 2.05) is 0 Å². The molecule has 2 heteroatoms. The normalized spacial score (nSPS) is 35.3. The first-order chi connectivity index (χ1) is 6.31. The van der Waals surface area contributed by atoms with Gasteiger partial charge in [0.05, 0.1) is 0 Å². The quantitative estimate of drug-likeness (QED) is 0.720. The summed E-state index contributed by atoms with van der Waals surface area (Å²) in [5.41, 5.74) is 5.83. The summed E-state index contributed by atoms with van der Waals surface area (Å²) in [5, 5.41) is 0. The molecular weight excluding hydrogens is 160 g/mol. The average molecular weight is 182 g/mol. The van der Waals surface area contributed by atoms with Crippen LogP contribution in [-0.2, 0) is 0 Å². The molecule has 0 aliphatic heterocycles. The molecule has 13 heavy (non-hydrogen) atoms. The highest BCUT2D eigenvalue weighted by Gasteiger charge is 2.34. The van der Waals surface area contributed by atoms with Crippen molar-refractivity contribution < 1.29 is 0 Å². The second-order valence-corrected chi connectivity index (χ2v) is 4.65. The van der Waals surface area contributed by atoms with Gasteiger partial charge in [0.1, 0.15) is 0 Å². The third-order valence-electron chi connectivity index (χ3n) is 3.78. The Hall–Kier alpha value is -0.0800. The van der Waals surface area contributed by atoms with Crippen molar-refractivity contribution in [2.45, 2.75) is 63.6 Å². The molecule has 0 heterocycles. The fraction of sp³-hybridized carbons (Fsp3) is 1.00. The smallest absolute Gasteiger partial charge is 0.0127 e. The van der Waals surface area contributed by atoms with Crippen LogP contribution >= 0.6 is 0 Å². The molecular formula is C11H22N2. The van der Waals surface area contributed by atoms with Crippen LogP contribution < -0.4 is 5.73 Å². The highest BCUT2D eigenvalue weighted by molar-refractivity contribution is 4.92. The van der Waals surface area contributed by atoms with Gasteiger partial charge in [-0.05, 0) is 32.2 Å². The lowest BCUT2D eigenvalue weighted by molar-refractivity contribution is 0.0745. The first kappa shape index (κ1) is 9.47. The van der Waals surface area contributed by atoms with Gasteiger partial charge in [-0.3, -0.25) is 4.90 Å². The molecule has 76 valence electrons. The largest absolute Gasteiger partial charge is 0.328 e. The van der Waals surface area contributed by atoms with Crippen LogP contribution in [0.4, 0.5) is 0 Å². The molecule has 2 nitrogen and oxygen atoms in total. The molecule has 0 atom stereocenters. The first-order valence-corrected chi connectivity index (χ1v) is 5.82. The van der Waals surface area contributed by atoms with Crippen LogP contribution in [0.15, 0.2) is 0 Å². The van der Waals surface area contributed by atoms with Crippen LogP contribution in [-0.4, -0.2) is 29.6 Å². The Bertz CT molecular complexity index is 157. The van der Waals surface area contributed by atoms with Gasteiger partial charge >= 0.3 is 0 Å². The highest BCUT2D eigenvalue weighted by Crippen LogP contribution is 2.31. The van der Waals surface area contributed by atoms with Crippen molar-refractivity contribution in [1.82, 2.24) is 4.90 Å². The maximum absolute atomic E-state index is 5.83. The van der Waals surface area contributed by atoms with Gasteiger partial charge in [0.25, 0.3) is 0 Å². The lowest BCUT2D eigenvalue weighted by Crippen LogP contribution is -2.53. The number of nitrogens with two attached hydrogens (primary N) is 1. The van der Waals surface area contributed by atoms with E-state index in [9.17, 15) is 0 Å². The number of hydrogen-bond acceptors (Lipinski definition) is 2. The molecule has 2 aliphatic rings. The zero-order chi connectivity index (χ0) is 9.26. The van der Waals surface area contributed by atoms with E-state index in [1.54, 1.807) is 0 Å². The van der Waals surface area contributed by atoms with E-state index in [4.69, 9.17) is 5.73 Å². The minimum absolute atomic E-state index is 0.500. The van der Waals surface area contributed by atoms with Gasteiger partial charge < -0.3 is 5.73 Å². The molecule has 2 N–H and O–H groups in total. The summed E-state index contributed by atoms with van der Waals surface area (Å²) in [7, 11) is 0. The number of rotatable bonds is 3. The topological polar surface area (TPSA) is 29.3 Å². The van der Waals surface area contributed by atoms with Crippen molar-refractivity contribution in [2.24, 2.45) is 5.73 Å². The Morgan fingerprint density at radius 1 is 1.15 bits per heavy atom. The standard InChI is InChI=1S/C11H22N2/c1-2-13(10-5-3-4-6-10)11-7-9(12)8-11/h9-11H,2-8,12H2,1H3. The van der Waals surface area contributed by atoms with Gasteiger partial charge in [-0.15, -0.1) is 0 Å². The fourth-order valence-electron chi connectivity index (χ4n) is 2.95. The molecule has 0 spiro atoms. The Morgan fingerprint density at radius 3 is 2.23 bits per heavy atom. The van der Waals surface area contributed by atoms with Crippen LogP contribution in [0.3, 0.4) is 0 Å². The van der Waals surface area contributed by atoms with E-state index >= 15 is 0 Å². The molecule has 0 aromatic rings. The lowest BCUT2D eigenvalue weighted by Gasteiger charge is -2.44. The van der Waals surface area contributed by atoms with Crippen molar-refractivity contribution in [3.63, 3.8) is 0 Å². The molecule has 2 rings (SSSR count). The van der Waals surface area contributed by atoms with Crippen LogP contribution in [0.1, 0.15) is 45.4 Å².